The molecule has 0 radical (unpaired) electrons. The van der Waals surface area contributed by atoms with E-state index in [2.05, 4.69) is 15.2 Å². The van der Waals surface area contributed by atoms with E-state index in [0.29, 0.717) is 67.0 Å². The molecule has 3 saturated heterocycles. The number of hydrogen-bond acceptors (Lipinski definition) is 7. The van der Waals surface area contributed by atoms with Gasteiger partial charge in [-0.25, -0.2) is 4.98 Å². The Morgan fingerprint density at radius 3 is 2.36 bits per heavy atom. The van der Waals surface area contributed by atoms with Gasteiger partial charge in [0, 0.05) is 54.2 Å². The molecule has 3 atom stereocenters. The first kappa shape index (κ1) is 25.1. The average Bonchev–Trinajstić information content (AvgIpc) is 3.41. The third kappa shape index (κ3) is 5.72. The molecule has 2 bridgehead atoms. The molecule has 9 nitrogen and oxygen atoms in total. The van der Waals surface area contributed by atoms with E-state index < -0.39 is 0 Å². The van der Waals surface area contributed by atoms with Crippen molar-refractivity contribution in [3.8, 4) is 0 Å². The van der Waals surface area contributed by atoms with E-state index in [4.69, 9.17) is 11.6 Å². The lowest BCUT2D eigenvalue weighted by atomic mass is 10.00. The number of anilines is 1. The number of aromatic nitrogens is 1. The van der Waals surface area contributed by atoms with Crippen LogP contribution in [0.3, 0.4) is 0 Å². The number of piperidine rings is 1. The molecule has 3 fully saturated rings. The van der Waals surface area contributed by atoms with Gasteiger partial charge in [-0.1, -0.05) is 11.6 Å². The number of carbonyl (C=O) groups excluding carboxylic acids is 3. The summed E-state index contributed by atoms with van der Waals surface area (Å²) in [5.41, 5.74) is 1.10. The number of thiazole rings is 1. The van der Waals surface area contributed by atoms with Gasteiger partial charge in [0.2, 0.25) is 11.8 Å². The summed E-state index contributed by atoms with van der Waals surface area (Å²) in [5, 5.41) is 15.5. The second kappa shape index (κ2) is 10.8. The van der Waals surface area contributed by atoms with Gasteiger partial charge < -0.3 is 14.9 Å². The molecular weight excluding hydrogens is 502 g/mol. The van der Waals surface area contributed by atoms with Crippen molar-refractivity contribution in [3.05, 3.63) is 45.9 Å². The number of carbonyl (C=O) groups is 3. The minimum atomic E-state index is -0.283. The number of rotatable bonds is 6. The third-order valence-corrected chi connectivity index (χ3v) is 8.35. The van der Waals surface area contributed by atoms with Gasteiger partial charge in [-0.3, -0.25) is 24.6 Å². The molecule has 1 aromatic carbocycles. The summed E-state index contributed by atoms with van der Waals surface area (Å²) in [7, 11) is 0. The molecule has 1 aromatic heterocycles. The Labute approximate surface area is 219 Å². The third-order valence-electron chi connectivity index (χ3n) is 7.29. The molecule has 3 aliphatic rings. The van der Waals surface area contributed by atoms with Crippen LogP contribution in [0.2, 0.25) is 5.02 Å². The van der Waals surface area contributed by atoms with E-state index in [1.165, 1.54) is 11.3 Å². The van der Waals surface area contributed by atoms with E-state index in [1.807, 2.05) is 9.80 Å². The van der Waals surface area contributed by atoms with Gasteiger partial charge in [-0.15, -0.1) is 11.3 Å². The normalized spacial score (nSPS) is 24.1. The molecule has 3 amide bonds. The highest BCUT2D eigenvalue weighted by atomic mass is 35.5. The minimum absolute atomic E-state index is 0.00934. The lowest BCUT2D eigenvalue weighted by Gasteiger charge is -2.40. The average molecular weight is 532 g/mol. The highest BCUT2D eigenvalue weighted by Crippen LogP contribution is 2.35. The van der Waals surface area contributed by atoms with Crippen LogP contribution >= 0.6 is 22.9 Å². The van der Waals surface area contributed by atoms with Crippen LogP contribution in [0.4, 0.5) is 5.13 Å². The Bertz CT molecular complexity index is 1100. The Hall–Kier alpha value is -2.53. The van der Waals surface area contributed by atoms with E-state index in [-0.39, 0.29) is 42.3 Å². The topological polar surface area (TPSA) is 106 Å². The number of fused-ring (bicyclic) bond motifs is 2. The van der Waals surface area contributed by atoms with E-state index >= 15 is 0 Å². The van der Waals surface area contributed by atoms with Crippen LogP contribution in [0.5, 0.6) is 0 Å². The monoisotopic (exact) mass is 531 g/mol. The quantitative estimate of drug-likeness (QED) is 0.592. The first-order valence-corrected chi connectivity index (χ1v) is 13.6. The molecule has 2 N–H and O–H groups in total. The fourth-order valence-electron chi connectivity index (χ4n) is 5.47. The predicted molar refractivity (Wildman–Crippen MR) is 137 cm³/mol. The minimum Gasteiger partial charge on any atom is -0.393 e. The van der Waals surface area contributed by atoms with Crippen LogP contribution in [0.1, 0.15) is 41.7 Å². The summed E-state index contributed by atoms with van der Waals surface area (Å²) in [4.78, 5) is 48.5. The zero-order valence-electron chi connectivity index (χ0n) is 19.9. The summed E-state index contributed by atoms with van der Waals surface area (Å²) in [6.07, 6.45) is 3.24. The molecule has 4 heterocycles. The predicted octanol–water partition coefficient (Wildman–Crippen LogP) is 2.25. The van der Waals surface area contributed by atoms with Crippen LogP contribution in [-0.4, -0.2) is 93.4 Å². The van der Waals surface area contributed by atoms with Crippen LogP contribution in [0.15, 0.2) is 29.6 Å². The van der Waals surface area contributed by atoms with Crippen molar-refractivity contribution in [1.29, 1.82) is 0 Å². The maximum Gasteiger partial charge on any atom is 0.257 e. The SMILES string of the molecule is O=C(Nc1nc(CC(=O)N2CCN(CC(=O)N3[C@@H]4CC[C@H]3CC(O)C4)CC2)cs1)c1ccc(Cl)cc1. The van der Waals surface area contributed by atoms with Gasteiger partial charge >= 0.3 is 0 Å². The number of nitrogens with one attached hydrogen (secondary N) is 1. The molecule has 36 heavy (non-hydrogen) atoms. The fourth-order valence-corrected chi connectivity index (χ4v) is 6.30. The van der Waals surface area contributed by atoms with Crippen LogP contribution in [0, 0.1) is 0 Å². The maximum atomic E-state index is 13.0. The van der Waals surface area contributed by atoms with Gasteiger partial charge in [-0.05, 0) is 49.9 Å². The molecule has 5 rings (SSSR count). The Morgan fingerprint density at radius 2 is 1.69 bits per heavy atom. The van der Waals surface area contributed by atoms with Gasteiger partial charge in [0.05, 0.1) is 24.8 Å². The highest BCUT2D eigenvalue weighted by molar-refractivity contribution is 7.14. The van der Waals surface area contributed by atoms with Crippen molar-refractivity contribution in [2.24, 2.45) is 0 Å². The van der Waals surface area contributed by atoms with Gasteiger partial charge in [0.25, 0.3) is 5.91 Å². The number of nitrogens with zero attached hydrogens (tertiary/aromatic N) is 4. The zero-order chi connectivity index (χ0) is 25.2. The molecule has 0 aliphatic carbocycles. The van der Waals surface area contributed by atoms with E-state index in [9.17, 15) is 19.5 Å². The Morgan fingerprint density at radius 1 is 1.03 bits per heavy atom. The Balaban J connectivity index is 1.07. The van der Waals surface area contributed by atoms with Crippen molar-refractivity contribution >= 4 is 45.8 Å². The van der Waals surface area contributed by atoms with Gasteiger partial charge in [-0.2, -0.15) is 0 Å². The van der Waals surface area contributed by atoms with Gasteiger partial charge in [0.15, 0.2) is 5.13 Å². The lowest BCUT2D eigenvalue weighted by Crippen LogP contribution is -2.54. The highest BCUT2D eigenvalue weighted by Gasteiger charge is 2.43. The second-order valence-electron chi connectivity index (χ2n) is 9.75. The molecule has 3 aliphatic heterocycles. The van der Waals surface area contributed by atoms with Crippen molar-refractivity contribution < 1.29 is 19.5 Å². The van der Waals surface area contributed by atoms with Gasteiger partial charge in [0.1, 0.15) is 0 Å². The molecule has 1 unspecified atom stereocenters. The largest absolute Gasteiger partial charge is 0.393 e. The number of piperazine rings is 1. The standard InChI is InChI=1S/C25H30ClN5O4S/c26-17-3-1-16(2-4-17)24(35)28-25-27-18(15-36-25)11-22(33)30-9-7-29(8-10-30)14-23(34)31-19-5-6-20(31)13-21(32)12-19/h1-4,15,19-21,32H,5-14H2,(H,27,28,35)/t19-,20+,21?. The number of aliphatic hydroxyl groups excluding tert-OH is 1. The van der Waals surface area contributed by atoms with E-state index in [0.717, 1.165) is 12.8 Å². The summed E-state index contributed by atoms with van der Waals surface area (Å²) in [6.45, 7) is 2.82. The summed E-state index contributed by atoms with van der Waals surface area (Å²) < 4.78 is 0. The molecular formula is C25H30ClN5O4S. The van der Waals surface area contributed by atoms with Crippen molar-refractivity contribution in [3.63, 3.8) is 0 Å². The maximum absolute atomic E-state index is 13.0. The summed E-state index contributed by atoms with van der Waals surface area (Å²) >= 11 is 7.15. The molecule has 2 aromatic rings. The molecule has 11 heteroatoms. The van der Waals surface area contributed by atoms with Crippen molar-refractivity contribution in [1.82, 2.24) is 19.7 Å². The first-order valence-electron chi connectivity index (χ1n) is 12.4. The van der Waals surface area contributed by atoms with E-state index in [1.54, 1.807) is 29.6 Å². The smallest absolute Gasteiger partial charge is 0.257 e. The second-order valence-corrected chi connectivity index (χ2v) is 11.0. The number of amides is 3. The zero-order valence-corrected chi connectivity index (χ0v) is 21.5. The van der Waals surface area contributed by atoms with Crippen molar-refractivity contribution in [2.75, 3.05) is 38.0 Å². The Kier molecular flexibility index (Phi) is 7.57. The number of hydrogen-bond donors (Lipinski definition) is 2. The fraction of sp³-hybridized carbons (Fsp3) is 0.520. The number of aliphatic hydroxyl groups is 1. The molecule has 192 valence electrons. The first-order chi connectivity index (χ1) is 17.4. The van der Waals surface area contributed by atoms with Crippen molar-refractivity contribution in [2.45, 2.75) is 50.3 Å². The molecule has 0 spiro atoms. The van der Waals surface area contributed by atoms with Crippen LogP contribution < -0.4 is 5.32 Å². The summed E-state index contributed by atoms with van der Waals surface area (Å²) in [6, 6.07) is 6.94. The van der Waals surface area contributed by atoms with Crippen LogP contribution in [0.25, 0.3) is 0 Å². The van der Waals surface area contributed by atoms with Crippen LogP contribution in [-0.2, 0) is 16.0 Å². The molecule has 0 saturated carbocycles. The number of halogens is 1. The lowest BCUT2D eigenvalue weighted by molar-refractivity contribution is -0.139. The number of benzene rings is 1. The summed E-state index contributed by atoms with van der Waals surface area (Å²) in [5.74, 6) is -0.145.